The molecule has 2 heteroatoms. The van der Waals surface area contributed by atoms with E-state index in [1.807, 2.05) is 6.07 Å². The second-order valence-corrected chi connectivity index (χ2v) is 4.62. The van der Waals surface area contributed by atoms with Gasteiger partial charge in [0, 0.05) is 19.6 Å². The van der Waals surface area contributed by atoms with Crippen molar-refractivity contribution in [3.8, 4) is 0 Å². The number of rotatable bonds is 8. The second kappa shape index (κ2) is 7.46. The lowest BCUT2D eigenvalue weighted by molar-refractivity contribution is 0.0529. The SMILES string of the molecule is CCCCC(COC)(COC)c1ccccc1. The molecule has 0 heterocycles. The highest BCUT2D eigenvalue weighted by Gasteiger charge is 2.31. The van der Waals surface area contributed by atoms with Gasteiger partial charge in [0.25, 0.3) is 0 Å². The fourth-order valence-electron chi connectivity index (χ4n) is 2.36. The molecule has 0 aliphatic carbocycles. The number of benzene rings is 1. The minimum absolute atomic E-state index is 0.000764. The number of unbranched alkanes of at least 4 members (excludes halogenated alkanes) is 1. The van der Waals surface area contributed by atoms with Gasteiger partial charge in [0.2, 0.25) is 0 Å². The van der Waals surface area contributed by atoms with Crippen LogP contribution in [-0.4, -0.2) is 27.4 Å². The molecular formula is C15H24O2. The first kappa shape index (κ1) is 14.2. The largest absolute Gasteiger partial charge is 0.384 e. The van der Waals surface area contributed by atoms with E-state index in [9.17, 15) is 0 Å². The normalized spacial score (nSPS) is 11.7. The third-order valence-corrected chi connectivity index (χ3v) is 3.24. The molecule has 1 aromatic rings. The van der Waals surface area contributed by atoms with Crippen LogP contribution >= 0.6 is 0 Å². The van der Waals surface area contributed by atoms with E-state index in [0.717, 1.165) is 6.42 Å². The van der Waals surface area contributed by atoms with Crippen molar-refractivity contribution >= 4 is 0 Å². The van der Waals surface area contributed by atoms with Gasteiger partial charge >= 0.3 is 0 Å². The summed E-state index contributed by atoms with van der Waals surface area (Å²) in [6.07, 6.45) is 3.50. The molecule has 0 amide bonds. The fourth-order valence-corrected chi connectivity index (χ4v) is 2.36. The van der Waals surface area contributed by atoms with Crippen LogP contribution in [0.15, 0.2) is 30.3 Å². The Morgan fingerprint density at radius 3 is 2.06 bits per heavy atom. The standard InChI is InChI=1S/C15H24O2/c1-4-5-11-15(12-16-2,13-17-3)14-9-7-6-8-10-14/h6-10H,4-5,11-13H2,1-3H3. The van der Waals surface area contributed by atoms with E-state index in [1.165, 1.54) is 18.4 Å². The first-order valence-corrected chi connectivity index (χ1v) is 6.32. The predicted octanol–water partition coefficient (Wildman–Crippen LogP) is 3.41. The van der Waals surface area contributed by atoms with Crippen molar-refractivity contribution in [1.82, 2.24) is 0 Å². The lowest BCUT2D eigenvalue weighted by Gasteiger charge is -2.33. The van der Waals surface area contributed by atoms with E-state index >= 15 is 0 Å². The van der Waals surface area contributed by atoms with Crippen LogP contribution in [0.5, 0.6) is 0 Å². The van der Waals surface area contributed by atoms with Gasteiger partial charge in [-0.3, -0.25) is 0 Å². The van der Waals surface area contributed by atoms with Gasteiger partial charge in [0.1, 0.15) is 0 Å². The van der Waals surface area contributed by atoms with Crippen molar-refractivity contribution in [3.05, 3.63) is 35.9 Å². The maximum Gasteiger partial charge on any atom is 0.0581 e. The van der Waals surface area contributed by atoms with Gasteiger partial charge in [-0.05, 0) is 12.0 Å². The van der Waals surface area contributed by atoms with Crippen LogP contribution in [0.25, 0.3) is 0 Å². The molecule has 0 spiro atoms. The molecule has 0 unspecified atom stereocenters. The van der Waals surface area contributed by atoms with Crippen molar-refractivity contribution in [1.29, 1.82) is 0 Å². The number of hydrogen-bond donors (Lipinski definition) is 0. The summed E-state index contributed by atoms with van der Waals surface area (Å²) < 4.78 is 10.9. The van der Waals surface area contributed by atoms with Crippen LogP contribution < -0.4 is 0 Å². The molecule has 17 heavy (non-hydrogen) atoms. The zero-order valence-electron chi connectivity index (χ0n) is 11.2. The van der Waals surface area contributed by atoms with Gasteiger partial charge in [-0.2, -0.15) is 0 Å². The quantitative estimate of drug-likeness (QED) is 0.688. The lowest BCUT2D eigenvalue weighted by atomic mass is 9.77. The Morgan fingerprint density at radius 1 is 1.00 bits per heavy atom. The Morgan fingerprint density at radius 2 is 1.59 bits per heavy atom. The number of hydrogen-bond acceptors (Lipinski definition) is 2. The van der Waals surface area contributed by atoms with Crippen LogP contribution in [0.1, 0.15) is 31.7 Å². The Balaban J connectivity index is 2.95. The van der Waals surface area contributed by atoms with E-state index in [1.54, 1.807) is 14.2 Å². The summed E-state index contributed by atoms with van der Waals surface area (Å²) in [7, 11) is 3.53. The van der Waals surface area contributed by atoms with Gasteiger partial charge in [0.05, 0.1) is 13.2 Å². The molecule has 0 aromatic heterocycles. The van der Waals surface area contributed by atoms with E-state index in [4.69, 9.17) is 9.47 Å². The van der Waals surface area contributed by atoms with Gasteiger partial charge in [-0.1, -0.05) is 50.1 Å². The Hall–Kier alpha value is -0.860. The highest BCUT2D eigenvalue weighted by atomic mass is 16.5. The van der Waals surface area contributed by atoms with Gasteiger partial charge < -0.3 is 9.47 Å². The van der Waals surface area contributed by atoms with E-state index in [-0.39, 0.29) is 5.41 Å². The van der Waals surface area contributed by atoms with Crippen molar-refractivity contribution < 1.29 is 9.47 Å². The monoisotopic (exact) mass is 236 g/mol. The lowest BCUT2D eigenvalue weighted by Crippen LogP contribution is -2.36. The number of methoxy groups -OCH3 is 2. The molecule has 0 radical (unpaired) electrons. The van der Waals surface area contributed by atoms with E-state index in [0.29, 0.717) is 13.2 Å². The summed E-state index contributed by atoms with van der Waals surface area (Å²) in [6, 6.07) is 10.6. The zero-order valence-corrected chi connectivity index (χ0v) is 11.2. The second-order valence-electron chi connectivity index (χ2n) is 4.62. The summed E-state index contributed by atoms with van der Waals surface area (Å²) in [5, 5.41) is 0. The topological polar surface area (TPSA) is 18.5 Å². The Labute approximate surface area is 105 Å². The highest BCUT2D eigenvalue weighted by Crippen LogP contribution is 2.30. The predicted molar refractivity (Wildman–Crippen MR) is 71.4 cm³/mol. The summed E-state index contributed by atoms with van der Waals surface area (Å²) in [5.74, 6) is 0. The van der Waals surface area contributed by atoms with Crippen molar-refractivity contribution in [2.24, 2.45) is 0 Å². The third kappa shape index (κ3) is 3.83. The van der Waals surface area contributed by atoms with Crippen LogP contribution in [0, 0.1) is 0 Å². The zero-order chi connectivity index (χ0) is 12.6. The third-order valence-electron chi connectivity index (χ3n) is 3.24. The molecule has 0 fully saturated rings. The van der Waals surface area contributed by atoms with Crippen LogP contribution in [0.2, 0.25) is 0 Å². The highest BCUT2D eigenvalue weighted by molar-refractivity contribution is 5.25. The van der Waals surface area contributed by atoms with Gasteiger partial charge in [0.15, 0.2) is 0 Å². The molecule has 0 N–H and O–H groups in total. The Bertz CT molecular complexity index is 289. The first-order valence-electron chi connectivity index (χ1n) is 6.32. The minimum atomic E-state index is 0.000764. The summed E-state index contributed by atoms with van der Waals surface area (Å²) in [5.41, 5.74) is 1.32. The number of ether oxygens (including phenoxy) is 2. The van der Waals surface area contributed by atoms with E-state index < -0.39 is 0 Å². The average Bonchev–Trinajstić information content (AvgIpc) is 2.37. The molecule has 0 bridgehead atoms. The molecule has 0 aliphatic heterocycles. The maximum absolute atomic E-state index is 5.43. The maximum atomic E-state index is 5.43. The summed E-state index contributed by atoms with van der Waals surface area (Å²) in [6.45, 7) is 3.64. The molecule has 96 valence electrons. The molecule has 2 nitrogen and oxygen atoms in total. The fraction of sp³-hybridized carbons (Fsp3) is 0.600. The van der Waals surface area contributed by atoms with Crippen molar-refractivity contribution in [2.75, 3.05) is 27.4 Å². The summed E-state index contributed by atoms with van der Waals surface area (Å²) in [4.78, 5) is 0. The smallest absolute Gasteiger partial charge is 0.0581 e. The molecule has 1 aromatic carbocycles. The van der Waals surface area contributed by atoms with Crippen molar-refractivity contribution in [2.45, 2.75) is 31.6 Å². The van der Waals surface area contributed by atoms with Crippen LogP contribution in [-0.2, 0) is 14.9 Å². The Kier molecular flexibility index (Phi) is 6.23. The molecule has 0 atom stereocenters. The minimum Gasteiger partial charge on any atom is -0.384 e. The first-order chi connectivity index (χ1) is 8.29. The molecule has 0 saturated carbocycles. The average molecular weight is 236 g/mol. The van der Waals surface area contributed by atoms with E-state index in [2.05, 4.69) is 31.2 Å². The van der Waals surface area contributed by atoms with Crippen LogP contribution in [0.4, 0.5) is 0 Å². The molecule has 0 aliphatic rings. The molecular weight excluding hydrogens is 212 g/mol. The van der Waals surface area contributed by atoms with Gasteiger partial charge in [-0.15, -0.1) is 0 Å². The van der Waals surface area contributed by atoms with Gasteiger partial charge in [-0.25, -0.2) is 0 Å². The molecule has 1 rings (SSSR count). The summed E-state index contributed by atoms with van der Waals surface area (Å²) >= 11 is 0. The van der Waals surface area contributed by atoms with Crippen molar-refractivity contribution in [3.63, 3.8) is 0 Å². The molecule has 0 saturated heterocycles. The van der Waals surface area contributed by atoms with Crippen LogP contribution in [0.3, 0.4) is 0 Å².